The summed E-state index contributed by atoms with van der Waals surface area (Å²) < 4.78 is 9.20. The molecule has 3 radical (unpaired) electrons. The van der Waals surface area contributed by atoms with E-state index >= 15 is 0 Å². The molecule has 0 atom stereocenters. The van der Waals surface area contributed by atoms with E-state index in [9.17, 15) is 9.59 Å². The van der Waals surface area contributed by atoms with Crippen LogP contribution in [0.15, 0.2) is 10.2 Å². The number of amides is 2. The fourth-order valence-electron chi connectivity index (χ4n) is 0.532. The maximum absolute atomic E-state index is 10.8. The van der Waals surface area contributed by atoms with Gasteiger partial charge in [0.05, 0.1) is 12.2 Å². The van der Waals surface area contributed by atoms with Gasteiger partial charge in [0.15, 0.2) is 0 Å². The molecule has 7 nitrogen and oxygen atoms in total. The Morgan fingerprint density at radius 3 is 1.33 bits per heavy atom. The van der Waals surface area contributed by atoms with Gasteiger partial charge in [0, 0.05) is 6.15 Å². The molecular formula is C8H14N3O4. The molecule has 0 spiro atoms. The van der Waals surface area contributed by atoms with Crippen molar-refractivity contribution in [2.75, 3.05) is 0 Å². The van der Waals surface area contributed by atoms with Gasteiger partial charge < -0.3 is 9.47 Å². The first-order valence-corrected chi connectivity index (χ1v) is 4.24. The molecule has 0 unspecified atom stereocenters. The molecule has 0 heterocycles. The van der Waals surface area contributed by atoms with Gasteiger partial charge in [0.2, 0.25) is 0 Å². The van der Waals surface area contributed by atoms with Gasteiger partial charge in [0.1, 0.15) is 0 Å². The summed E-state index contributed by atoms with van der Waals surface area (Å²) in [6.45, 7) is 6.67. The molecule has 0 saturated heterocycles. The van der Waals surface area contributed by atoms with E-state index < -0.39 is 12.2 Å². The zero-order chi connectivity index (χ0) is 11.1. The first kappa shape index (κ1) is 15.9. The SMILES string of the molecule is CC(C)OC(=O)N=NC(=O)OC(C)C.[N]. The van der Waals surface area contributed by atoms with Crippen LogP contribution in [0, 0.1) is 0 Å². The third-order valence-electron chi connectivity index (χ3n) is 0.886. The molecule has 0 aromatic heterocycles. The van der Waals surface area contributed by atoms with Gasteiger partial charge in [0.25, 0.3) is 0 Å². The monoisotopic (exact) mass is 216 g/mol. The molecule has 0 aliphatic heterocycles. The molecule has 0 aliphatic carbocycles. The highest BCUT2D eigenvalue weighted by atomic mass is 16.6. The quantitative estimate of drug-likeness (QED) is 0.658. The zero-order valence-electron chi connectivity index (χ0n) is 9.13. The van der Waals surface area contributed by atoms with Gasteiger partial charge in [-0.25, -0.2) is 9.59 Å². The van der Waals surface area contributed by atoms with Crippen molar-refractivity contribution in [1.29, 1.82) is 0 Å². The number of hydrogen-bond donors (Lipinski definition) is 0. The van der Waals surface area contributed by atoms with E-state index in [1.165, 1.54) is 0 Å². The zero-order valence-corrected chi connectivity index (χ0v) is 9.13. The maximum Gasteiger partial charge on any atom is 0.452 e. The Morgan fingerprint density at radius 1 is 0.867 bits per heavy atom. The molecule has 85 valence electrons. The minimum absolute atomic E-state index is 0. The Balaban J connectivity index is 0. The standard InChI is InChI=1S/C8H14N2O4.N/c1-5(2)13-7(11)9-10-8(12)14-6(3)4;/h5-6H,1-4H3;. The molecule has 15 heavy (non-hydrogen) atoms. The number of azo groups is 1. The Kier molecular flexibility index (Phi) is 8.36. The van der Waals surface area contributed by atoms with Gasteiger partial charge in [-0.2, -0.15) is 0 Å². The van der Waals surface area contributed by atoms with Gasteiger partial charge in [-0.3, -0.25) is 0 Å². The van der Waals surface area contributed by atoms with Crippen LogP contribution in [0.2, 0.25) is 0 Å². The Hall–Kier alpha value is -1.50. The molecule has 0 aliphatic rings. The molecule has 0 saturated carbocycles. The Morgan fingerprint density at radius 2 is 1.13 bits per heavy atom. The lowest BCUT2D eigenvalue weighted by Gasteiger charge is -2.03. The highest BCUT2D eigenvalue weighted by molar-refractivity contribution is 5.73. The largest absolute Gasteiger partial charge is 0.452 e. The summed E-state index contributed by atoms with van der Waals surface area (Å²) in [5.74, 6) is 0. The van der Waals surface area contributed by atoms with Crippen LogP contribution in [0.4, 0.5) is 9.59 Å². The van der Waals surface area contributed by atoms with Crippen molar-refractivity contribution in [1.82, 2.24) is 6.15 Å². The lowest BCUT2D eigenvalue weighted by Crippen LogP contribution is -2.09. The van der Waals surface area contributed by atoms with E-state index in [0.29, 0.717) is 0 Å². The predicted molar refractivity (Wildman–Crippen MR) is 50.2 cm³/mol. The van der Waals surface area contributed by atoms with Gasteiger partial charge in [-0.1, -0.05) is 10.2 Å². The maximum atomic E-state index is 10.8. The highest BCUT2D eigenvalue weighted by Gasteiger charge is 2.06. The lowest BCUT2D eigenvalue weighted by molar-refractivity contribution is 0.115. The van der Waals surface area contributed by atoms with Crippen LogP contribution in [0.5, 0.6) is 0 Å². The van der Waals surface area contributed by atoms with Crippen molar-refractivity contribution >= 4 is 12.2 Å². The number of ether oxygens (including phenoxy) is 2. The molecule has 2 amide bonds. The third kappa shape index (κ3) is 10.4. The van der Waals surface area contributed by atoms with Crippen molar-refractivity contribution in [3.63, 3.8) is 0 Å². The summed E-state index contributed by atoms with van der Waals surface area (Å²) in [5.41, 5.74) is 0. The van der Waals surface area contributed by atoms with Crippen molar-refractivity contribution in [3.05, 3.63) is 0 Å². The van der Waals surface area contributed by atoms with Crippen molar-refractivity contribution in [2.45, 2.75) is 39.9 Å². The van der Waals surface area contributed by atoms with Crippen LogP contribution >= 0.6 is 0 Å². The number of hydrogen-bond acceptors (Lipinski definition) is 4. The fourth-order valence-corrected chi connectivity index (χ4v) is 0.532. The number of nitrogens with zero attached hydrogens (tertiary/aromatic N) is 3. The highest BCUT2D eigenvalue weighted by Crippen LogP contribution is 1.96. The summed E-state index contributed by atoms with van der Waals surface area (Å²) in [5, 5.41) is 6.01. The minimum Gasteiger partial charge on any atom is -0.444 e. The molecule has 0 aromatic rings. The fraction of sp³-hybridized carbons (Fsp3) is 0.750. The van der Waals surface area contributed by atoms with E-state index in [1.54, 1.807) is 27.7 Å². The van der Waals surface area contributed by atoms with Crippen LogP contribution in [-0.2, 0) is 9.47 Å². The van der Waals surface area contributed by atoms with E-state index in [4.69, 9.17) is 0 Å². The summed E-state index contributed by atoms with van der Waals surface area (Å²) in [6, 6.07) is 0. The van der Waals surface area contributed by atoms with Crippen molar-refractivity contribution < 1.29 is 19.1 Å². The van der Waals surface area contributed by atoms with Crippen LogP contribution in [0.3, 0.4) is 0 Å². The number of rotatable bonds is 2. The topological polar surface area (TPSA) is 108 Å². The van der Waals surface area contributed by atoms with Gasteiger partial charge >= 0.3 is 12.2 Å². The van der Waals surface area contributed by atoms with Crippen LogP contribution in [0.25, 0.3) is 0 Å². The first-order valence-electron chi connectivity index (χ1n) is 4.24. The predicted octanol–water partition coefficient (Wildman–Crippen LogP) is 2.05. The lowest BCUT2D eigenvalue weighted by atomic mass is 10.5. The molecule has 0 rings (SSSR count). The molecule has 0 N–H and O–H groups in total. The first-order chi connectivity index (χ1) is 6.41. The van der Waals surface area contributed by atoms with Crippen molar-refractivity contribution in [2.24, 2.45) is 10.2 Å². The minimum atomic E-state index is -0.902. The molecular weight excluding hydrogens is 202 g/mol. The Labute approximate surface area is 88.4 Å². The van der Waals surface area contributed by atoms with E-state index in [2.05, 4.69) is 19.7 Å². The average molecular weight is 216 g/mol. The second-order valence-corrected chi connectivity index (χ2v) is 3.07. The smallest absolute Gasteiger partial charge is 0.444 e. The third-order valence-corrected chi connectivity index (χ3v) is 0.886. The van der Waals surface area contributed by atoms with Crippen LogP contribution in [0.1, 0.15) is 27.7 Å². The van der Waals surface area contributed by atoms with E-state index in [0.717, 1.165) is 0 Å². The second-order valence-electron chi connectivity index (χ2n) is 3.07. The van der Waals surface area contributed by atoms with Crippen molar-refractivity contribution in [3.8, 4) is 0 Å². The average Bonchev–Trinajstić information content (AvgIpc) is 1.98. The molecule has 7 heteroatoms. The van der Waals surface area contributed by atoms with E-state index in [1.807, 2.05) is 0 Å². The Bertz CT molecular complexity index is 214. The number of carbonyl (C=O) groups is 2. The second kappa shape index (κ2) is 7.86. The summed E-state index contributed by atoms with van der Waals surface area (Å²) in [6.07, 6.45) is -2.38. The van der Waals surface area contributed by atoms with Crippen LogP contribution < -0.4 is 6.15 Å². The van der Waals surface area contributed by atoms with Gasteiger partial charge in [-0.05, 0) is 27.7 Å². The van der Waals surface area contributed by atoms with Gasteiger partial charge in [-0.15, -0.1) is 0 Å². The summed E-state index contributed by atoms with van der Waals surface area (Å²) in [7, 11) is 0. The summed E-state index contributed by atoms with van der Waals surface area (Å²) >= 11 is 0. The summed E-state index contributed by atoms with van der Waals surface area (Å²) in [4.78, 5) is 21.5. The molecule has 0 aromatic carbocycles. The normalized spacial score (nSPS) is 10.3. The van der Waals surface area contributed by atoms with Crippen LogP contribution in [-0.4, -0.2) is 24.4 Å². The molecule has 0 fully saturated rings. The number of carbonyl (C=O) groups excluding carboxylic acids is 2. The van der Waals surface area contributed by atoms with E-state index in [-0.39, 0.29) is 18.4 Å². The molecule has 0 bridgehead atoms.